The van der Waals surface area contributed by atoms with E-state index in [1.807, 2.05) is 6.07 Å². The molecule has 1 N–H and O–H groups in total. The van der Waals surface area contributed by atoms with Crippen LogP contribution in [0, 0.1) is 0 Å². The number of nitrogens with one attached hydrogen (secondary N) is 1. The molecule has 106 valence electrons. The van der Waals surface area contributed by atoms with Gasteiger partial charge in [-0.1, -0.05) is 11.6 Å². The lowest BCUT2D eigenvalue weighted by molar-refractivity contribution is 0.0591. The maximum absolute atomic E-state index is 11.8. The highest BCUT2D eigenvalue weighted by atomic mass is 35.5. The van der Waals surface area contributed by atoms with Crippen LogP contribution in [0.2, 0.25) is 0 Å². The summed E-state index contributed by atoms with van der Waals surface area (Å²) in [6.45, 7) is 0.248. The van der Waals surface area contributed by atoms with Crippen molar-refractivity contribution in [3.8, 4) is 11.5 Å². The summed E-state index contributed by atoms with van der Waals surface area (Å²) < 4.78 is 15.5. The maximum Gasteiger partial charge on any atom is 0.358 e. The van der Waals surface area contributed by atoms with Crippen molar-refractivity contribution in [3.05, 3.63) is 35.5 Å². The van der Waals surface area contributed by atoms with Crippen LogP contribution >= 0.6 is 11.6 Å². The standard InChI is InChI=1S/C14H14ClNO4/c1-18-9-4-5-11-10(8-9)13(20-7-3-6-15)12(16-11)14(17)19-2/h3-6,8,16H,7H2,1-2H3/b6-3+. The molecular weight excluding hydrogens is 282 g/mol. The molecule has 1 heterocycles. The van der Waals surface area contributed by atoms with Gasteiger partial charge in [-0.15, -0.1) is 0 Å². The van der Waals surface area contributed by atoms with E-state index in [-0.39, 0.29) is 12.3 Å². The number of hydrogen-bond donors (Lipinski definition) is 1. The van der Waals surface area contributed by atoms with Crippen molar-refractivity contribution in [1.29, 1.82) is 0 Å². The summed E-state index contributed by atoms with van der Waals surface area (Å²) in [6.07, 6.45) is 1.63. The van der Waals surface area contributed by atoms with Crippen LogP contribution in [0.3, 0.4) is 0 Å². The fourth-order valence-electron chi connectivity index (χ4n) is 1.84. The first-order valence-electron chi connectivity index (χ1n) is 5.87. The molecular formula is C14H14ClNO4. The Hall–Kier alpha value is -2.14. The Morgan fingerprint density at radius 1 is 1.40 bits per heavy atom. The summed E-state index contributed by atoms with van der Waals surface area (Å²) in [5.41, 5.74) is 2.38. The summed E-state index contributed by atoms with van der Waals surface area (Å²) >= 11 is 5.46. The van der Waals surface area contributed by atoms with Crippen LogP contribution in [0.25, 0.3) is 10.9 Å². The molecule has 0 aliphatic carbocycles. The van der Waals surface area contributed by atoms with Crippen molar-refractivity contribution >= 4 is 28.5 Å². The zero-order valence-electron chi connectivity index (χ0n) is 11.1. The van der Waals surface area contributed by atoms with Gasteiger partial charge in [-0.3, -0.25) is 0 Å². The van der Waals surface area contributed by atoms with Crippen LogP contribution in [0.15, 0.2) is 29.8 Å². The second-order valence-corrected chi connectivity index (χ2v) is 4.16. The molecule has 0 fully saturated rings. The number of carbonyl (C=O) groups is 1. The summed E-state index contributed by atoms with van der Waals surface area (Å²) in [4.78, 5) is 14.8. The van der Waals surface area contributed by atoms with Crippen molar-refractivity contribution in [2.24, 2.45) is 0 Å². The quantitative estimate of drug-likeness (QED) is 0.861. The number of hydrogen-bond acceptors (Lipinski definition) is 4. The summed E-state index contributed by atoms with van der Waals surface area (Å²) in [7, 11) is 2.89. The normalized spacial score (nSPS) is 10.9. The molecule has 0 radical (unpaired) electrons. The van der Waals surface area contributed by atoms with Gasteiger partial charge in [0.15, 0.2) is 11.4 Å². The second-order valence-electron chi connectivity index (χ2n) is 3.90. The number of fused-ring (bicyclic) bond motifs is 1. The van der Waals surface area contributed by atoms with Crippen LogP contribution in [-0.4, -0.2) is 31.8 Å². The molecule has 0 saturated carbocycles. The zero-order valence-corrected chi connectivity index (χ0v) is 11.9. The van der Waals surface area contributed by atoms with Gasteiger partial charge in [-0.25, -0.2) is 4.79 Å². The zero-order chi connectivity index (χ0) is 14.5. The largest absolute Gasteiger partial charge is 0.497 e. The van der Waals surface area contributed by atoms with Crippen molar-refractivity contribution < 1.29 is 19.0 Å². The Labute approximate surface area is 121 Å². The number of H-pyrrole nitrogens is 1. The predicted molar refractivity (Wildman–Crippen MR) is 76.7 cm³/mol. The van der Waals surface area contributed by atoms with Crippen molar-refractivity contribution in [2.45, 2.75) is 0 Å². The molecule has 0 aliphatic rings. The van der Waals surface area contributed by atoms with E-state index in [2.05, 4.69) is 4.98 Å². The first kappa shape index (κ1) is 14.3. The number of aromatic nitrogens is 1. The van der Waals surface area contributed by atoms with E-state index in [0.717, 1.165) is 10.9 Å². The first-order valence-corrected chi connectivity index (χ1v) is 6.31. The molecule has 1 aromatic heterocycles. The molecule has 2 rings (SSSR count). The summed E-state index contributed by atoms with van der Waals surface area (Å²) in [5.74, 6) is 0.594. The Morgan fingerprint density at radius 3 is 2.85 bits per heavy atom. The third-order valence-electron chi connectivity index (χ3n) is 2.76. The number of halogens is 1. The van der Waals surface area contributed by atoms with E-state index in [1.165, 1.54) is 12.6 Å². The fourth-order valence-corrected chi connectivity index (χ4v) is 1.91. The smallest absolute Gasteiger partial charge is 0.358 e. The highest BCUT2D eigenvalue weighted by Gasteiger charge is 2.20. The lowest BCUT2D eigenvalue weighted by Gasteiger charge is -2.05. The minimum atomic E-state index is -0.495. The topological polar surface area (TPSA) is 60.6 Å². The number of rotatable bonds is 5. The fraction of sp³-hybridized carbons (Fsp3) is 0.214. The SMILES string of the molecule is COC(=O)c1[nH]c2ccc(OC)cc2c1OC/C=C/Cl. The number of methoxy groups -OCH3 is 2. The minimum absolute atomic E-state index is 0.248. The van der Waals surface area contributed by atoms with E-state index in [9.17, 15) is 4.79 Å². The van der Waals surface area contributed by atoms with Crippen LogP contribution in [0.1, 0.15) is 10.5 Å². The molecule has 0 aliphatic heterocycles. The molecule has 0 saturated heterocycles. The van der Waals surface area contributed by atoms with Crippen molar-refractivity contribution in [2.75, 3.05) is 20.8 Å². The monoisotopic (exact) mass is 295 g/mol. The molecule has 5 nitrogen and oxygen atoms in total. The van der Waals surface area contributed by atoms with Crippen molar-refractivity contribution in [1.82, 2.24) is 4.98 Å². The molecule has 1 aromatic carbocycles. The molecule has 20 heavy (non-hydrogen) atoms. The number of ether oxygens (including phenoxy) is 3. The molecule has 6 heteroatoms. The summed E-state index contributed by atoms with van der Waals surface area (Å²) in [5, 5.41) is 0.743. The lowest BCUT2D eigenvalue weighted by atomic mass is 10.2. The molecule has 0 atom stereocenters. The highest BCUT2D eigenvalue weighted by molar-refractivity contribution is 6.25. The first-order chi connectivity index (χ1) is 9.71. The van der Waals surface area contributed by atoms with Gasteiger partial charge in [-0.2, -0.15) is 0 Å². The third-order valence-corrected chi connectivity index (χ3v) is 2.94. The molecule has 0 amide bonds. The van der Waals surface area contributed by atoms with Crippen LogP contribution in [-0.2, 0) is 4.74 Å². The third kappa shape index (κ3) is 2.72. The van der Waals surface area contributed by atoms with Gasteiger partial charge in [0.05, 0.1) is 19.7 Å². The van der Waals surface area contributed by atoms with E-state index in [1.54, 1.807) is 25.3 Å². The van der Waals surface area contributed by atoms with E-state index in [0.29, 0.717) is 11.5 Å². The molecule has 0 spiro atoms. The van der Waals surface area contributed by atoms with Crippen LogP contribution in [0.5, 0.6) is 11.5 Å². The van der Waals surface area contributed by atoms with E-state index >= 15 is 0 Å². The van der Waals surface area contributed by atoms with Gasteiger partial charge in [0, 0.05) is 10.9 Å². The molecule has 0 unspecified atom stereocenters. The highest BCUT2D eigenvalue weighted by Crippen LogP contribution is 2.33. The number of benzene rings is 1. The van der Waals surface area contributed by atoms with Gasteiger partial charge < -0.3 is 19.2 Å². The van der Waals surface area contributed by atoms with Gasteiger partial charge in [-0.05, 0) is 24.3 Å². The molecule has 0 bridgehead atoms. The average Bonchev–Trinajstić information content (AvgIpc) is 2.84. The number of esters is 1. The van der Waals surface area contributed by atoms with Gasteiger partial charge in [0.1, 0.15) is 12.4 Å². The van der Waals surface area contributed by atoms with E-state index < -0.39 is 5.97 Å². The average molecular weight is 296 g/mol. The lowest BCUT2D eigenvalue weighted by Crippen LogP contribution is -2.05. The Kier molecular flexibility index (Phi) is 4.53. The predicted octanol–water partition coefficient (Wildman–Crippen LogP) is 3.09. The molecule has 2 aromatic rings. The maximum atomic E-state index is 11.8. The van der Waals surface area contributed by atoms with E-state index in [4.69, 9.17) is 25.8 Å². The minimum Gasteiger partial charge on any atom is -0.497 e. The van der Waals surface area contributed by atoms with Crippen LogP contribution < -0.4 is 9.47 Å². The second kappa shape index (κ2) is 6.34. The number of aromatic amines is 1. The summed E-state index contributed by atoms with van der Waals surface area (Å²) in [6, 6.07) is 5.39. The number of carbonyl (C=O) groups excluding carboxylic acids is 1. The Morgan fingerprint density at radius 2 is 2.20 bits per heavy atom. The van der Waals surface area contributed by atoms with Crippen molar-refractivity contribution in [3.63, 3.8) is 0 Å². The van der Waals surface area contributed by atoms with Gasteiger partial charge in [0.25, 0.3) is 0 Å². The van der Waals surface area contributed by atoms with Crippen LogP contribution in [0.4, 0.5) is 0 Å². The Balaban J connectivity index is 2.53. The van der Waals surface area contributed by atoms with Gasteiger partial charge in [0.2, 0.25) is 0 Å². The Bertz CT molecular complexity index is 648. The van der Waals surface area contributed by atoms with Gasteiger partial charge >= 0.3 is 5.97 Å².